The molecule has 0 aliphatic carbocycles. The van der Waals surface area contributed by atoms with E-state index in [9.17, 15) is 27.6 Å². The molecule has 1 atom stereocenters. The maximum Gasteiger partial charge on any atom is 0.436 e. The van der Waals surface area contributed by atoms with Crippen molar-refractivity contribution in [1.29, 1.82) is 0 Å². The lowest BCUT2D eigenvalue weighted by Gasteiger charge is -2.15. The molecule has 2 heterocycles. The molecule has 0 radical (unpaired) electrons. The van der Waals surface area contributed by atoms with Crippen LogP contribution in [0, 0.1) is 13.8 Å². The number of aromatic nitrogens is 2. The number of thiophene rings is 1. The lowest BCUT2D eigenvalue weighted by atomic mass is 10.1. The predicted molar refractivity (Wildman–Crippen MR) is 116 cm³/mol. The molecule has 0 aliphatic heterocycles. The van der Waals surface area contributed by atoms with Crippen molar-refractivity contribution in [3.63, 3.8) is 0 Å². The zero-order valence-corrected chi connectivity index (χ0v) is 20.3. The third-order valence-corrected chi connectivity index (χ3v) is 6.12. The van der Waals surface area contributed by atoms with Gasteiger partial charge in [-0.25, -0.2) is 9.59 Å². The summed E-state index contributed by atoms with van der Waals surface area (Å²) >= 11 is 6.57. The Balaban J connectivity index is 2.45. The van der Waals surface area contributed by atoms with Crippen LogP contribution in [0.1, 0.15) is 70.7 Å². The molecule has 0 aromatic carbocycles. The van der Waals surface area contributed by atoms with E-state index in [0.717, 1.165) is 16.0 Å². The van der Waals surface area contributed by atoms with E-state index in [1.165, 1.54) is 20.8 Å². The molecule has 182 valence electrons. The van der Waals surface area contributed by atoms with Crippen LogP contribution in [0.25, 0.3) is 0 Å². The van der Waals surface area contributed by atoms with Crippen LogP contribution in [-0.2, 0) is 20.4 Å². The van der Waals surface area contributed by atoms with Crippen LogP contribution in [0.3, 0.4) is 0 Å². The molecule has 1 unspecified atom stereocenters. The maximum atomic E-state index is 13.1. The maximum absolute atomic E-state index is 13.1. The number of carbonyl (C=O) groups excluding carboxylic acids is 3. The van der Waals surface area contributed by atoms with Gasteiger partial charge in [-0.2, -0.15) is 18.3 Å². The average molecular weight is 510 g/mol. The van der Waals surface area contributed by atoms with Gasteiger partial charge in [0.15, 0.2) is 5.69 Å². The van der Waals surface area contributed by atoms with Crippen LogP contribution in [-0.4, -0.2) is 40.3 Å². The van der Waals surface area contributed by atoms with Crippen molar-refractivity contribution in [1.82, 2.24) is 9.78 Å². The third-order valence-electron chi connectivity index (χ3n) is 4.48. The van der Waals surface area contributed by atoms with E-state index in [0.29, 0.717) is 0 Å². The standard InChI is InChI=1S/C20H23ClF3N3O5S/c1-7-31-19(30)14-9(4)12(18(29)32-8(2)3)17(33-14)25-16(28)11(6)27-10(5)13(21)15(26-27)20(22,23)24/h8,11H,7H2,1-6H3,(H,25,28). The molecular formula is C20H23ClF3N3O5S. The topological polar surface area (TPSA) is 99.5 Å². The number of hydrogen-bond acceptors (Lipinski definition) is 7. The van der Waals surface area contributed by atoms with Gasteiger partial charge < -0.3 is 14.8 Å². The van der Waals surface area contributed by atoms with Gasteiger partial charge in [-0.15, -0.1) is 11.3 Å². The molecule has 2 aromatic heterocycles. The minimum Gasteiger partial charge on any atom is -0.462 e. The molecule has 1 N–H and O–H groups in total. The number of anilines is 1. The van der Waals surface area contributed by atoms with E-state index in [4.69, 9.17) is 21.1 Å². The van der Waals surface area contributed by atoms with Gasteiger partial charge in [0.1, 0.15) is 15.9 Å². The van der Waals surface area contributed by atoms with Crippen molar-refractivity contribution in [3.8, 4) is 0 Å². The summed E-state index contributed by atoms with van der Waals surface area (Å²) in [7, 11) is 0. The van der Waals surface area contributed by atoms with Gasteiger partial charge in [-0.3, -0.25) is 9.48 Å². The van der Waals surface area contributed by atoms with Crippen LogP contribution >= 0.6 is 22.9 Å². The molecule has 13 heteroatoms. The van der Waals surface area contributed by atoms with E-state index in [1.807, 2.05) is 0 Å². The molecular weight excluding hydrogens is 487 g/mol. The van der Waals surface area contributed by atoms with Crippen molar-refractivity contribution in [3.05, 3.63) is 32.4 Å². The highest BCUT2D eigenvalue weighted by atomic mass is 35.5. The van der Waals surface area contributed by atoms with Crippen molar-refractivity contribution in [2.45, 2.75) is 59.9 Å². The van der Waals surface area contributed by atoms with Crippen molar-refractivity contribution < 1.29 is 37.0 Å². The number of hydrogen-bond donors (Lipinski definition) is 1. The molecule has 1 amide bonds. The second kappa shape index (κ2) is 10.1. The summed E-state index contributed by atoms with van der Waals surface area (Å²) < 4.78 is 50.5. The number of alkyl halides is 3. The van der Waals surface area contributed by atoms with Crippen molar-refractivity contribution in [2.75, 3.05) is 11.9 Å². The second-order valence-corrected chi connectivity index (χ2v) is 8.69. The first-order chi connectivity index (χ1) is 15.2. The molecule has 8 nitrogen and oxygen atoms in total. The summed E-state index contributed by atoms with van der Waals surface area (Å²) in [6, 6.07) is -1.22. The molecule has 33 heavy (non-hydrogen) atoms. The SMILES string of the molecule is CCOC(=O)c1sc(NC(=O)C(C)n2nc(C(F)(F)F)c(Cl)c2C)c(C(=O)OC(C)C)c1C. The summed E-state index contributed by atoms with van der Waals surface area (Å²) in [6.07, 6.45) is -5.27. The predicted octanol–water partition coefficient (Wildman–Crippen LogP) is 5.18. The highest BCUT2D eigenvalue weighted by Gasteiger charge is 2.39. The second-order valence-electron chi connectivity index (χ2n) is 7.29. The molecule has 2 rings (SSSR count). The van der Waals surface area contributed by atoms with E-state index >= 15 is 0 Å². The molecule has 0 aliphatic rings. The zero-order chi connectivity index (χ0) is 25.2. The molecule has 0 bridgehead atoms. The largest absolute Gasteiger partial charge is 0.462 e. The summed E-state index contributed by atoms with van der Waals surface area (Å²) in [6.45, 7) is 9.11. The Hall–Kier alpha value is -2.60. The van der Waals surface area contributed by atoms with Gasteiger partial charge in [-0.05, 0) is 47.1 Å². The number of nitrogens with one attached hydrogen (secondary N) is 1. The number of ether oxygens (including phenoxy) is 2. The van der Waals surface area contributed by atoms with Crippen LogP contribution in [0.15, 0.2) is 0 Å². The van der Waals surface area contributed by atoms with Crippen LogP contribution in [0.4, 0.5) is 18.2 Å². The molecule has 2 aromatic rings. The Morgan fingerprint density at radius 2 is 1.79 bits per heavy atom. The first-order valence-electron chi connectivity index (χ1n) is 9.84. The van der Waals surface area contributed by atoms with E-state index in [-0.39, 0.29) is 33.3 Å². The molecule has 0 fully saturated rings. The van der Waals surface area contributed by atoms with Crippen molar-refractivity contribution in [2.24, 2.45) is 0 Å². The summed E-state index contributed by atoms with van der Waals surface area (Å²) in [4.78, 5) is 37.9. The molecule has 0 saturated heterocycles. The third kappa shape index (κ3) is 5.67. The Morgan fingerprint density at radius 3 is 2.27 bits per heavy atom. The number of amides is 1. The highest BCUT2D eigenvalue weighted by molar-refractivity contribution is 7.18. The summed E-state index contributed by atoms with van der Waals surface area (Å²) in [5, 5.41) is 5.35. The molecule has 0 spiro atoms. The fourth-order valence-electron chi connectivity index (χ4n) is 2.90. The first-order valence-corrected chi connectivity index (χ1v) is 11.0. The fourth-order valence-corrected chi connectivity index (χ4v) is 4.22. The van der Waals surface area contributed by atoms with E-state index < -0.39 is 46.9 Å². The number of esters is 2. The minimum atomic E-state index is -4.80. The first kappa shape index (κ1) is 26.7. The monoisotopic (exact) mass is 509 g/mol. The quantitative estimate of drug-likeness (QED) is 0.516. The Kier molecular flexibility index (Phi) is 8.18. The summed E-state index contributed by atoms with van der Waals surface area (Å²) in [5.41, 5.74) is -1.15. The fraction of sp³-hybridized carbons (Fsp3) is 0.500. The number of halogens is 4. The lowest BCUT2D eigenvalue weighted by molar-refractivity contribution is -0.141. The number of carbonyl (C=O) groups is 3. The number of rotatable bonds is 7. The Morgan fingerprint density at radius 1 is 1.18 bits per heavy atom. The average Bonchev–Trinajstić information content (AvgIpc) is 3.17. The van der Waals surface area contributed by atoms with Gasteiger partial charge >= 0.3 is 18.1 Å². The molecule has 0 saturated carbocycles. The van der Waals surface area contributed by atoms with Gasteiger partial charge in [0.25, 0.3) is 0 Å². The van der Waals surface area contributed by atoms with Crippen LogP contribution < -0.4 is 5.32 Å². The van der Waals surface area contributed by atoms with E-state index in [2.05, 4.69) is 10.4 Å². The highest BCUT2D eigenvalue weighted by Crippen LogP contribution is 2.37. The smallest absolute Gasteiger partial charge is 0.436 e. The van der Waals surface area contributed by atoms with Gasteiger partial charge in [0.05, 0.1) is 29.0 Å². The van der Waals surface area contributed by atoms with Gasteiger partial charge in [0, 0.05) is 0 Å². The van der Waals surface area contributed by atoms with E-state index in [1.54, 1.807) is 20.8 Å². The van der Waals surface area contributed by atoms with Crippen LogP contribution in [0.2, 0.25) is 5.02 Å². The summed E-state index contributed by atoms with van der Waals surface area (Å²) in [5.74, 6) is -2.23. The van der Waals surface area contributed by atoms with Gasteiger partial charge in [0.2, 0.25) is 5.91 Å². The number of nitrogens with zero attached hydrogens (tertiary/aromatic N) is 2. The Labute approximate surface area is 197 Å². The minimum absolute atomic E-state index is 0.00463. The lowest BCUT2D eigenvalue weighted by Crippen LogP contribution is -2.26. The Bertz CT molecular complexity index is 1080. The van der Waals surface area contributed by atoms with Crippen molar-refractivity contribution >= 4 is 45.8 Å². The zero-order valence-electron chi connectivity index (χ0n) is 18.7. The van der Waals surface area contributed by atoms with Gasteiger partial charge in [-0.1, -0.05) is 11.6 Å². The van der Waals surface area contributed by atoms with Crippen LogP contribution in [0.5, 0.6) is 0 Å². The normalized spacial score (nSPS) is 12.6.